The van der Waals surface area contributed by atoms with Gasteiger partial charge in [-0.25, -0.2) is 0 Å². The summed E-state index contributed by atoms with van der Waals surface area (Å²) >= 11 is 0. The van der Waals surface area contributed by atoms with Gasteiger partial charge in [0.2, 0.25) is 0 Å². The molecule has 2 aromatic rings. The number of carbonyl (C=O) groups is 1. The maximum absolute atomic E-state index is 12.6. The molecule has 1 N–H and O–H groups in total. The Morgan fingerprint density at radius 1 is 1.19 bits per heavy atom. The van der Waals surface area contributed by atoms with Gasteiger partial charge in [0.15, 0.2) is 0 Å². The van der Waals surface area contributed by atoms with Crippen LogP contribution in [0.25, 0.3) is 10.9 Å². The largest absolute Gasteiger partial charge is 0.391 e. The molecule has 0 saturated carbocycles. The van der Waals surface area contributed by atoms with Gasteiger partial charge in [-0.1, -0.05) is 18.2 Å². The number of para-hydroxylation sites is 1. The van der Waals surface area contributed by atoms with E-state index in [9.17, 15) is 18.0 Å². The summed E-state index contributed by atoms with van der Waals surface area (Å²) in [5, 5.41) is 0.806. The highest BCUT2D eigenvalue weighted by Crippen LogP contribution is 2.34. The summed E-state index contributed by atoms with van der Waals surface area (Å²) in [5.74, 6) is -1.49. The van der Waals surface area contributed by atoms with E-state index in [1.54, 1.807) is 6.20 Å². The predicted octanol–water partition coefficient (Wildman–Crippen LogP) is 3.58. The van der Waals surface area contributed by atoms with E-state index in [0.717, 1.165) is 10.9 Å². The van der Waals surface area contributed by atoms with Gasteiger partial charge < -0.3 is 9.88 Å². The molecule has 0 atom stereocenters. The number of alkyl halides is 3. The van der Waals surface area contributed by atoms with E-state index in [2.05, 4.69) is 4.98 Å². The Morgan fingerprint density at radius 3 is 2.52 bits per heavy atom. The number of H-pyrrole nitrogens is 1. The molecule has 1 aromatic carbocycles. The van der Waals surface area contributed by atoms with Crippen LogP contribution in [0.5, 0.6) is 0 Å². The van der Waals surface area contributed by atoms with Gasteiger partial charge in [0.25, 0.3) is 5.91 Å². The van der Waals surface area contributed by atoms with Crippen molar-refractivity contribution in [2.45, 2.75) is 19.0 Å². The highest BCUT2D eigenvalue weighted by Gasteiger charge is 2.41. The highest BCUT2D eigenvalue weighted by atomic mass is 19.4. The molecule has 1 amide bonds. The minimum absolute atomic E-state index is 0.0163. The number of nitrogens with one attached hydrogen (secondary N) is 1. The third kappa shape index (κ3) is 2.62. The topological polar surface area (TPSA) is 36.1 Å². The number of aromatic nitrogens is 1. The summed E-state index contributed by atoms with van der Waals surface area (Å²) in [6.45, 7) is 0.311. The van der Waals surface area contributed by atoms with E-state index in [1.165, 1.54) is 4.90 Å². The molecule has 0 bridgehead atoms. The molecule has 0 spiro atoms. The number of nitrogens with zero attached hydrogens (tertiary/aromatic N) is 1. The van der Waals surface area contributed by atoms with Crippen LogP contribution < -0.4 is 0 Å². The SMILES string of the molecule is O=C(c1c[nH]c2ccccc12)N1CCC(C(F)(F)F)CC1. The average molecular weight is 296 g/mol. The minimum Gasteiger partial charge on any atom is -0.360 e. The van der Waals surface area contributed by atoms with Gasteiger partial charge in [0.1, 0.15) is 0 Å². The Balaban J connectivity index is 1.75. The van der Waals surface area contributed by atoms with Crippen molar-refractivity contribution < 1.29 is 18.0 Å². The van der Waals surface area contributed by atoms with Crippen molar-refractivity contribution in [2.24, 2.45) is 5.92 Å². The zero-order valence-electron chi connectivity index (χ0n) is 11.3. The van der Waals surface area contributed by atoms with Crippen LogP contribution in [0.15, 0.2) is 30.5 Å². The fourth-order valence-corrected chi connectivity index (χ4v) is 2.83. The van der Waals surface area contributed by atoms with Crippen LogP contribution in [-0.4, -0.2) is 35.1 Å². The number of fused-ring (bicyclic) bond motifs is 1. The van der Waals surface area contributed by atoms with Crippen LogP contribution in [0.3, 0.4) is 0 Å². The molecule has 112 valence electrons. The lowest BCUT2D eigenvalue weighted by Crippen LogP contribution is -2.42. The van der Waals surface area contributed by atoms with Crippen LogP contribution >= 0.6 is 0 Å². The second-order valence-electron chi connectivity index (χ2n) is 5.36. The first kappa shape index (κ1) is 14.0. The molecule has 1 aromatic heterocycles. The standard InChI is InChI=1S/C15H15F3N2O/c16-15(17,18)10-5-7-20(8-6-10)14(21)12-9-19-13-4-2-1-3-11(12)13/h1-4,9-10,19H,5-8H2. The molecule has 3 nitrogen and oxygen atoms in total. The molecule has 1 aliphatic heterocycles. The molecule has 1 saturated heterocycles. The molecule has 1 aliphatic rings. The maximum Gasteiger partial charge on any atom is 0.391 e. The number of piperidine rings is 1. The molecular weight excluding hydrogens is 281 g/mol. The summed E-state index contributed by atoms with van der Waals surface area (Å²) < 4.78 is 37.9. The first-order valence-electron chi connectivity index (χ1n) is 6.89. The van der Waals surface area contributed by atoms with Gasteiger partial charge >= 0.3 is 6.18 Å². The number of hydrogen-bond donors (Lipinski definition) is 1. The molecule has 0 radical (unpaired) electrons. The van der Waals surface area contributed by atoms with Gasteiger partial charge in [0, 0.05) is 30.2 Å². The van der Waals surface area contributed by atoms with Crippen molar-refractivity contribution in [3.05, 3.63) is 36.0 Å². The number of halogens is 3. The van der Waals surface area contributed by atoms with E-state index >= 15 is 0 Å². The van der Waals surface area contributed by atoms with Crippen molar-refractivity contribution in [2.75, 3.05) is 13.1 Å². The summed E-state index contributed by atoms with van der Waals surface area (Å²) in [4.78, 5) is 17.0. The number of benzene rings is 1. The maximum atomic E-state index is 12.6. The number of aromatic amines is 1. The van der Waals surface area contributed by atoms with E-state index in [1.807, 2.05) is 24.3 Å². The number of likely N-dealkylation sites (tertiary alicyclic amines) is 1. The highest BCUT2D eigenvalue weighted by molar-refractivity contribution is 6.06. The smallest absolute Gasteiger partial charge is 0.360 e. The molecule has 0 unspecified atom stereocenters. The Bertz CT molecular complexity index is 654. The summed E-state index contributed by atoms with van der Waals surface area (Å²) in [6.07, 6.45) is -2.56. The fourth-order valence-electron chi connectivity index (χ4n) is 2.83. The third-order valence-corrected chi connectivity index (χ3v) is 4.06. The fraction of sp³-hybridized carbons (Fsp3) is 0.400. The summed E-state index contributed by atoms with van der Waals surface area (Å²) in [5.41, 5.74) is 1.38. The molecule has 3 rings (SSSR count). The molecule has 6 heteroatoms. The minimum atomic E-state index is -4.16. The first-order valence-corrected chi connectivity index (χ1v) is 6.89. The second-order valence-corrected chi connectivity index (χ2v) is 5.36. The zero-order valence-corrected chi connectivity index (χ0v) is 11.3. The van der Waals surface area contributed by atoms with Gasteiger partial charge in [-0.15, -0.1) is 0 Å². The van der Waals surface area contributed by atoms with Crippen molar-refractivity contribution >= 4 is 16.8 Å². The lowest BCUT2D eigenvalue weighted by molar-refractivity contribution is -0.183. The van der Waals surface area contributed by atoms with Crippen molar-refractivity contribution in [1.82, 2.24) is 9.88 Å². The van der Waals surface area contributed by atoms with Gasteiger partial charge in [0.05, 0.1) is 11.5 Å². The molecule has 2 heterocycles. The number of amides is 1. The van der Waals surface area contributed by atoms with E-state index < -0.39 is 12.1 Å². The van der Waals surface area contributed by atoms with Crippen LogP contribution in [0.4, 0.5) is 13.2 Å². The van der Waals surface area contributed by atoms with Crippen molar-refractivity contribution in [1.29, 1.82) is 0 Å². The molecule has 21 heavy (non-hydrogen) atoms. The normalized spacial score (nSPS) is 17.4. The Morgan fingerprint density at radius 2 is 1.86 bits per heavy atom. The van der Waals surface area contributed by atoms with Gasteiger partial charge in [-0.3, -0.25) is 4.79 Å². The monoisotopic (exact) mass is 296 g/mol. The second kappa shape index (κ2) is 5.09. The molecule has 1 fully saturated rings. The number of carbonyl (C=O) groups excluding carboxylic acids is 1. The van der Waals surface area contributed by atoms with Gasteiger partial charge in [-0.05, 0) is 18.9 Å². The predicted molar refractivity (Wildman–Crippen MR) is 73.0 cm³/mol. The zero-order chi connectivity index (χ0) is 15.0. The van der Waals surface area contributed by atoms with Crippen molar-refractivity contribution in [3.63, 3.8) is 0 Å². The Labute approximate surface area is 119 Å². The summed E-state index contributed by atoms with van der Waals surface area (Å²) in [7, 11) is 0. The van der Waals surface area contributed by atoms with E-state index in [-0.39, 0.29) is 31.8 Å². The van der Waals surface area contributed by atoms with Crippen LogP contribution in [-0.2, 0) is 0 Å². The number of hydrogen-bond acceptors (Lipinski definition) is 1. The lowest BCUT2D eigenvalue weighted by Gasteiger charge is -2.32. The van der Waals surface area contributed by atoms with Crippen LogP contribution in [0.1, 0.15) is 23.2 Å². The van der Waals surface area contributed by atoms with Gasteiger partial charge in [-0.2, -0.15) is 13.2 Å². The molecular formula is C15H15F3N2O. The van der Waals surface area contributed by atoms with E-state index in [0.29, 0.717) is 5.56 Å². The summed E-state index contributed by atoms with van der Waals surface area (Å²) in [6, 6.07) is 7.40. The average Bonchev–Trinajstić information content (AvgIpc) is 2.90. The van der Waals surface area contributed by atoms with E-state index in [4.69, 9.17) is 0 Å². The third-order valence-electron chi connectivity index (χ3n) is 4.06. The Hall–Kier alpha value is -1.98. The molecule has 0 aliphatic carbocycles. The first-order chi connectivity index (χ1) is 9.97. The lowest BCUT2D eigenvalue weighted by atomic mass is 9.96. The quantitative estimate of drug-likeness (QED) is 0.858. The number of rotatable bonds is 1. The van der Waals surface area contributed by atoms with Crippen molar-refractivity contribution in [3.8, 4) is 0 Å². The van der Waals surface area contributed by atoms with Crippen LogP contribution in [0.2, 0.25) is 0 Å². The Kier molecular flexibility index (Phi) is 3.39. The van der Waals surface area contributed by atoms with Crippen LogP contribution in [0, 0.1) is 5.92 Å².